The summed E-state index contributed by atoms with van der Waals surface area (Å²) in [4.78, 5) is 62.6. The lowest BCUT2D eigenvalue weighted by Crippen LogP contribution is -2.49. The summed E-state index contributed by atoms with van der Waals surface area (Å²) in [6.45, 7) is -0.567. The van der Waals surface area contributed by atoms with Gasteiger partial charge in [0.2, 0.25) is 11.8 Å². The van der Waals surface area contributed by atoms with E-state index in [4.69, 9.17) is 15.9 Å². The van der Waals surface area contributed by atoms with Crippen LogP contribution < -0.4 is 16.4 Å². The molecule has 0 heterocycles. The van der Waals surface area contributed by atoms with Crippen LogP contribution in [0.5, 0.6) is 0 Å². The van der Waals surface area contributed by atoms with E-state index < -0.39 is 63.6 Å². The first-order valence-electron chi connectivity index (χ1n) is 8.66. The second-order valence-electron chi connectivity index (χ2n) is 5.90. The molecule has 2 amide bonds. The van der Waals surface area contributed by atoms with E-state index in [0.717, 1.165) is 12.1 Å². The molecule has 1 aromatic carbocycles. The minimum atomic E-state index is -1.22. The first-order valence-corrected chi connectivity index (χ1v) is 9.29. The van der Waals surface area contributed by atoms with Crippen molar-refractivity contribution >= 4 is 47.8 Å². The third-order valence-electron chi connectivity index (χ3n) is 3.52. The predicted molar refractivity (Wildman–Crippen MR) is 111 cm³/mol. The monoisotopic (exact) mass is 475 g/mol. The molecular weight excluding hydrogens is 454 g/mol. The van der Waals surface area contributed by atoms with E-state index in [1.54, 1.807) is 0 Å². The van der Waals surface area contributed by atoms with Crippen LogP contribution in [-0.2, 0) is 19.2 Å². The number of rotatable bonds is 11. The Morgan fingerprint density at radius 3 is 1.94 bits per heavy atom. The van der Waals surface area contributed by atoms with Gasteiger partial charge in [-0.05, 0) is 6.42 Å². The van der Waals surface area contributed by atoms with Crippen LogP contribution in [0.4, 0.5) is 11.4 Å². The summed E-state index contributed by atoms with van der Waals surface area (Å²) in [5.74, 6) is -3.70. The Hall–Kier alpha value is -3.79. The van der Waals surface area contributed by atoms with Gasteiger partial charge in [0.15, 0.2) is 0 Å². The molecule has 1 aromatic rings. The van der Waals surface area contributed by atoms with Crippen LogP contribution in [-0.4, -0.2) is 68.2 Å². The Balaban J connectivity index is 0.000000677. The van der Waals surface area contributed by atoms with Gasteiger partial charge in [-0.1, -0.05) is 12.1 Å². The number of nitro benzene ring substituents is 2. The number of thiol groups is 1. The fourth-order valence-corrected chi connectivity index (χ4v) is 2.19. The molecule has 32 heavy (non-hydrogen) atoms. The zero-order chi connectivity index (χ0) is 24.8. The number of amides is 2. The fraction of sp³-hybridized carbons (Fsp3) is 0.375. The van der Waals surface area contributed by atoms with E-state index in [0.29, 0.717) is 0 Å². The van der Waals surface area contributed by atoms with Crippen molar-refractivity contribution in [2.45, 2.75) is 24.9 Å². The number of nitrogens with one attached hydrogen (secondary N) is 2. The smallest absolute Gasteiger partial charge is 0.346 e. The van der Waals surface area contributed by atoms with Crippen LogP contribution >= 0.6 is 12.6 Å². The Morgan fingerprint density at radius 2 is 1.56 bits per heavy atom. The molecule has 176 valence electrons. The van der Waals surface area contributed by atoms with Crippen LogP contribution in [0.2, 0.25) is 0 Å². The van der Waals surface area contributed by atoms with Gasteiger partial charge in [-0.3, -0.25) is 39.4 Å². The number of para-hydroxylation sites is 2. The molecule has 0 aliphatic heterocycles. The zero-order valence-corrected chi connectivity index (χ0v) is 17.3. The Kier molecular flexibility index (Phi) is 12.6. The van der Waals surface area contributed by atoms with Crippen LogP contribution in [0.25, 0.3) is 0 Å². The standard InChI is InChI=1S/C10H17N3O6S.C6H4N2O4/c11-5(10(18)19)1-2-7(14)13-6(4-20)9(17)12-3-8(15)16;9-7(10)5-3-1-2-4-6(5)8(11)12/h5-6,20H,1-4,11H2,(H,12,17)(H,13,14)(H,15,16)(H,18,19);1-4H/t5-,6-;/m0./s1. The first kappa shape index (κ1) is 28.2. The molecular formula is C16H21N5O10S. The Bertz CT molecular complexity index is 832. The van der Waals surface area contributed by atoms with E-state index in [2.05, 4.69) is 23.3 Å². The highest BCUT2D eigenvalue weighted by atomic mass is 32.1. The van der Waals surface area contributed by atoms with E-state index in [1.807, 2.05) is 0 Å². The molecule has 0 saturated carbocycles. The van der Waals surface area contributed by atoms with Crippen molar-refractivity contribution in [3.05, 3.63) is 44.5 Å². The summed E-state index contributed by atoms with van der Waals surface area (Å²) < 4.78 is 0. The lowest BCUT2D eigenvalue weighted by Gasteiger charge is -2.16. The van der Waals surface area contributed by atoms with E-state index in [-0.39, 0.29) is 18.6 Å². The molecule has 0 fully saturated rings. The van der Waals surface area contributed by atoms with Crippen LogP contribution in [0.1, 0.15) is 12.8 Å². The van der Waals surface area contributed by atoms with Gasteiger partial charge in [-0.25, -0.2) is 0 Å². The van der Waals surface area contributed by atoms with Crippen LogP contribution in [0.3, 0.4) is 0 Å². The number of nitrogens with zero attached hydrogens (tertiary/aromatic N) is 2. The number of nitrogens with two attached hydrogens (primary N) is 1. The number of hydrogen-bond donors (Lipinski definition) is 6. The van der Waals surface area contributed by atoms with Gasteiger partial charge in [0.05, 0.1) is 9.85 Å². The average Bonchev–Trinajstić information content (AvgIpc) is 2.74. The van der Waals surface area contributed by atoms with E-state index in [9.17, 15) is 39.4 Å². The summed E-state index contributed by atoms with van der Waals surface area (Å²) in [5, 5.41) is 41.8. The Morgan fingerprint density at radius 1 is 1.06 bits per heavy atom. The minimum Gasteiger partial charge on any atom is -0.480 e. The van der Waals surface area contributed by atoms with Crippen molar-refractivity contribution in [3.63, 3.8) is 0 Å². The van der Waals surface area contributed by atoms with Gasteiger partial charge >= 0.3 is 23.3 Å². The third-order valence-corrected chi connectivity index (χ3v) is 3.89. The minimum absolute atomic E-state index is 0.0256. The average molecular weight is 475 g/mol. The number of nitro groups is 2. The summed E-state index contributed by atoms with van der Waals surface area (Å²) >= 11 is 3.87. The zero-order valence-electron chi connectivity index (χ0n) is 16.4. The number of benzene rings is 1. The largest absolute Gasteiger partial charge is 0.480 e. The molecule has 0 aliphatic rings. The van der Waals surface area contributed by atoms with E-state index in [1.165, 1.54) is 12.1 Å². The van der Waals surface area contributed by atoms with Gasteiger partial charge in [0.25, 0.3) is 0 Å². The first-order chi connectivity index (χ1) is 14.9. The van der Waals surface area contributed by atoms with Crippen molar-refractivity contribution in [1.82, 2.24) is 10.6 Å². The molecule has 6 N–H and O–H groups in total. The Labute approximate surface area is 185 Å². The molecule has 0 aromatic heterocycles. The maximum absolute atomic E-state index is 11.5. The normalized spacial score (nSPS) is 11.7. The van der Waals surface area contributed by atoms with Gasteiger partial charge in [-0.2, -0.15) is 12.6 Å². The van der Waals surface area contributed by atoms with Gasteiger partial charge in [-0.15, -0.1) is 0 Å². The maximum Gasteiger partial charge on any atom is 0.346 e. The van der Waals surface area contributed by atoms with Gasteiger partial charge in [0.1, 0.15) is 18.6 Å². The molecule has 0 bridgehead atoms. The number of carbonyl (C=O) groups excluding carboxylic acids is 2. The molecule has 16 heteroatoms. The van der Waals surface area contributed by atoms with Crippen molar-refractivity contribution < 1.29 is 39.2 Å². The summed E-state index contributed by atoms with van der Waals surface area (Å²) in [7, 11) is 0. The summed E-state index contributed by atoms with van der Waals surface area (Å²) in [6.07, 6.45) is -0.235. The van der Waals surface area contributed by atoms with Crippen molar-refractivity contribution in [1.29, 1.82) is 0 Å². The number of carbonyl (C=O) groups is 4. The van der Waals surface area contributed by atoms with Crippen molar-refractivity contribution in [2.75, 3.05) is 12.3 Å². The lowest BCUT2D eigenvalue weighted by molar-refractivity contribution is -0.422. The summed E-state index contributed by atoms with van der Waals surface area (Å²) in [6, 6.07) is 2.80. The van der Waals surface area contributed by atoms with Crippen LogP contribution in [0.15, 0.2) is 24.3 Å². The highest BCUT2D eigenvalue weighted by molar-refractivity contribution is 7.80. The lowest BCUT2D eigenvalue weighted by atomic mass is 10.1. The van der Waals surface area contributed by atoms with E-state index >= 15 is 0 Å². The number of carboxylic acid groups (broad SMARTS) is 2. The predicted octanol–water partition coefficient (Wildman–Crippen LogP) is -0.703. The topological polar surface area (TPSA) is 245 Å². The van der Waals surface area contributed by atoms with Gasteiger partial charge < -0.3 is 26.6 Å². The molecule has 0 unspecified atom stereocenters. The molecule has 0 radical (unpaired) electrons. The highest BCUT2D eigenvalue weighted by Gasteiger charge is 2.22. The molecule has 0 saturated heterocycles. The van der Waals surface area contributed by atoms with Gasteiger partial charge in [0, 0.05) is 24.3 Å². The molecule has 15 nitrogen and oxygen atoms in total. The highest BCUT2D eigenvalue weighted by Crippen LogP contribution is 2.24. The summed E-state index contributed by atoms with van der Waals surface area (Å²) in [5.41, 5.74) is 4.26. The SMILES string of the molecule is N[C@@H](CCC(=O)N[C@@H](CS)C(=O)NCC(=O)O)C(=O)O.O=[N+]([O-])c1ccccc1[N+](=O)[O-]. The van der Waals surface area contributed by atoms with Crippen molar-refractivity contribution in [3.8, 4) is 0 Å². The molecule has 1 rings (SSSR count). The van der Waals surface area contributed by atoms with Crippen LogP contribution in [0, 0.1) is 20.2 Å². The maximum atomic E-state index is 11.5. The quantitative estimate of drug-likeness (QED) is 0.133. The molecule has 0 aliphatic carbocycles. The molecule has 0 spiro atoms. The number of hydrogen-bond acceptors (Lipinski definition) is 10. The second kappa shape index (κ2) is 14.3. The van der Waals surface area contributed by atoms with Crippen molar-refractivity contribution in [2.24, 2.45) is 5.73 Å². The third kappa shape index (κ3) is 10.8. The number of carboxylic acids is 2. The fourth-order valence-electron chi connectivity index (χ4n) is 1.93. The second-order valence-corrected chi connectivity index (χ2v) is 6.27. The number of aliphatic carboxylic acids is 2. The molecule has 2 atom stereocenters.